The highest BCUT2D eigenvalue weighted by atomic mass is 16.4. The van der Waals surface area contributed by atoms with E-state index in [2.05, 4.69) is 4.99 Å². The number of hydrogen-bond donors (Lipinski definition) is 4. The molecule has 0 saturated heterocycles. The van der Waals surface area contributed by atoms with Gasteiger partial charge in [0.05, 0.1) is 0 Å². The summed E-state index contributed by atoms with van der Waals surface area (Å²) in [7, 11) is 0. The number of carboxylic acid groups (broad SMARTS) is 1. The zero-order chi connectivity index (χ0) is 9.07. The third-order valence-corrected chi connectivity index (χ3v) is 1.15. The van der Waals surface area contributed by atoms with Gasteiger partial charge in [0.25, 0.3) is 5.72 Å². The molecule has 11 heavy (non-hydrogen) atoms. The van der Waals surface area contributed by atoms with Crippen molar-refractivity contribution in [2.45, 2.75) is 19.1 Å². The molecule has 0 aromatic rings. The molecule has 64 valence electrons. The molecule has 0 bridgehead atoms. The van der Waals surface area contributed by atoms with Gasteiger partial charge in [-0.25, -0.2) is 9.79 Å². The Morgan fingerprint density at radius 1 is 1.64 bits per heavy atom. The molecule has 0 spiro atoms. The van der Waals surface area contributed by atoms with Gasteiger partial charge in [0.2, 0.25) is 0 Å². The minimum atomic E-state index is -2.18. The number of aliphatic carboxylic acids is 1. The average Bonchev–Trinajstić information content (AvgIpc) is 1.86. The summed E-state index contributed by atoms with van der Waals surface area (Å²) in [6, 6.07) is 0. The third-order valence-electron chi connectivity index (χ3n) is 1.15. The van der Waals surface area contributed by atoms with Crippen LogP contribution in [0.25, 0.3) is 0 Å². The summed E-state index contributed by atoms with van der Waals surface area (Å²) in [6.07, 6.45) is -0.0831. The molecule has 6 N–H and O–H groups in total. The van der Waals surface area contributed by atoms with Gasteiger partial charge in [-0.1, -0.05) is 6.92 Å². The van der Waals surface area contributed by atoms with E-state index < -0.39 is 17.7 Å². The van der Waals surface area contributed by atoms with Gasteiger partial charge in [0, 0.05) is 6.42 Å². The van der Waals surface area contributed by atoms with E-state index in [4.69, 9.17) is 21.7 Å². The second-order valence-corrected chi connectivity index (χ2v) is 2.01. The lowest BCUT2D eigenvalue weighted by Gasteiger charge is -2.15. The second-order valence-electron chi connectivity index (χ2n) is 2.01. The van der Waals surface area contributed by atoms with Crippen LogP contribution in [-0.2, 0) is 4.79 Å². The number of nitrogens with zero attached hydrogens (tertiary/aromatic N) is 1. The Labute approximate surface area is 63.5 Å². The molecule has 1 unspecified atom stereocenters. The number of aliphatic imine (C=N–C) groups is 1. The maximum atomic E-state index is 10.3. The summed E-state index contributed by atoms with van der Waals surface area (Å²) >= 11 is 0. The molecule has 0 fully saturated rings. The van der Waals surface area contributed by atoms with Crippen molar-refractivity contribution in [3.8, 4) is 0 Å². The molecule has 0 aromatic heterocycles. The fraction of sp³-hybridized carbons (Fsp3) is 0.600. The second kappa shape index (κ2) is 3.20. The minimum absolute atomic E-state index is 0.0831. The molecule has 0 aromatic carbocycles. The van der Waals surface area contributed by atoms with Gasteiger partial charge < -0.3 is 21.7 Å². The Hall–Kier alpha value is -1.30. The van der Waals surface area contributed by atoms with Gasteiger partial charge in [0.15, 0.2) is 5.96 Å². The average molecular weight is 161 g/mol. The first kappa shape index (κ1) is 9.70. The molecule has 0 radical (unpaired) electrons. The largest absolute Gasteiger partial charge is 0.478 e. The van der Waals surface area contributed by atoms with Crippen molar-refractivity contribution in [2.75, 3.05) is 0 Å². The maximum absolute atomic E-state index is 10.3. The van der Waals surface area contributed by atoms with Crippen molar-refractivity contribution >= 4 is 11.9 Å². The van der Waals surface area contributed by atoms with Crippen LogP contribution in [0, 0.1) is 0 Å². The molecular weight excluding hydrogens is 150 g/mol. The van der Waals surface area contributed by atoms with Crippen molar-refractivity contribution in [3.63, 3.8) is 0 Å². The zero-order valence-corrected chi connectivity index (χ0v) is 6.11. The first-order chi connectivity index (χ1) is 4.92. The lowest BCUT2D eigenvalue weighted by molar-refractivity contribution is -0.157. The van der Waals surface area contributed by atoms with E-state index in [1.807, 2.05) is 0 Å². The van der Waals surface area contributed by atoms with Crippen molar-refractivity contribution in [1.82, 2.24) is 0 Å². The molecule has 0 amide bonds. The van der Waals surface area contributed by atoms with E-state index in [0.29, 0.717) is 0 Å². The van der Waals surface area contributed by atoms with Crippen LogP contribution >= 0.6 is 0 Å². The van der Waals surface area contributed by atoms with E-state index in [-0.39, 0.29) is 6.42 Å². The maximum Gasteiger partial charge on any atom is 0.359 e. The SMILES string of the molecule is CCC(O)(N=C(N)N)C(=O)O. The van der Waals surface area contributed by atoms with Crippen LogP contribution < -0.4 is 11.5 Å². The number of carbonyl (C=O) groups is 1. The lowest BCUT2D eigenvalue weighted by atomic mass is 10.2. The molecular formula is C5H11N3O3. The van der Waals surface area contributed by atoms with Crippen LogP contribution in [0.15, 0.2) is 4.99 Å². The summed E-state index contributed by atoms with van der Waals surface area (Å²) in [5, 5.41) is 17.5. The quantitative estimate of drug-likeness (QED) is 0.294. The van der Waals surface area contributed by atoms with E-state index in [9.17, 15) is 4.79 Å². The standard InChI is InChI=1S/C5H11N3O3/c1-2-5(11,3(9)10)8-4(6)7/h11H,2H2,1H3,(H,9,10)(H4,6,7,8). The monoisotopic (exact) mass is 161 g/mol. The first-order valence-corrected chi connectivity index (χ1v) is 2.99. The van der Waals surface area contributed by atoms with Crippen molar-refractivity contribution < 1.29 is 15.0 Å². The van der Waals surface area contributed by atoms with Crippen LogP contribution in [-0.4, -0.2) is 27.9 Å². The molecule has 6 heteroatoms. The highest BCUT2D eigenvalue weighted by Gasteiger charge is 2.33. The third kappa shape index (κ3) is 2.42. The molecule has 0 saturated carbocycles. The molecule has 0 aliphatic heterocycles. The van der Waals surface area contributed by atoms with Crippen molar-refractivity contribution in [1.29, 1.82) is 0 Å². The van der Waals surface area contributed by atoms with Crippen molar-refractivity contribution in [2.24, 2.45) is 16.5 Å². The highest BCUT2D eigenvalue weighted by molar-refractivity contribution is 5.83. The number of carboxylic acids is 1. The molecule has 0 rings (SSSR count). The Morgan fingerprint density at radius 2 is 2.09 bits per heavy atom. The number of aliphatic hydroxyl groups is 1. The summed E-state index contributed by atoms with van der Waals surface area (Å²) in [5.41, 5.74) is 7.61. The van der Waals surface area contributed by atoms with E-state index in [1.165, 1.54) is 6.92 Å². The number of rotatable bonds is 3. The Bertz CT molecular complexity index is 187. The molecule has 0 heterocycles. The summed E-state index contributed by atoms with van der Waals surface area (Å²) in [5.74, 6) is -1.91. The predicted molar refractivity (Wildman–Crippen MR) is 38.7 cm³/mol. The van der Waals surface area contributed by atoms with Gasteiger partial charge in [-0.05, 0) is 0 Å². The van der Waals surface area contributed by atoms with Gasteiger partial charge in [-0.15, -0.1) is 0 Å². The molecule has 6 nitrogen and oxygen atoms in total. The number of nitrogens with two attached hydrogens (primary N) is 2. The first-order valence-electron chi connectivity index (χ1n) is 2.99. The zero-order valence-electron chi connectivity index (χ0n) is 6.11. The molecule has 1 atom stereocenters. The van der Waals surface area contributed by atoms with E-state index in [0.717, 1.165) is 0 Å². The van der Waals surface area contributed by atoms with Gasteiger partial charge >= 0.3 is 5.97 Å². The van der Waals surface area contributed by atoms with E-state index in [1.54, 1.807) is 0 Å². The Morgan fingerprint density at radius 3 is 2.18 bits per heavy atom. The van der Waals surface area contributed by atoms with E-state index >= 15 is 0 Å². The minimum Gasteiger partial charge on any atom is -0.478 e. The van der Waals surface area contributed by atoms with Crippen LogP contribution in [0.2, 0.25) is 0 Å². The van der Waals surface area contributed by atoms with Gasteiger partial charge in [-0.2, -0.15) is 0 Å². The van der Waals surface area contributed by atoms with Crippen LogP contribution in [0.1, 0.15) is 13.3 Å². The smallest absolute Gasteiger partial charge is 0.359 e. The summed E-state index contributed by atoms with van der Waals surface area (Å²) in [4.78, 5) is 13.5. The Kier molecular flexibility index (Phi) is 2.82. The summed E-state index contributed by atoms with van der Waals surface area (Å²) in [6.45, 7) is 1.46. The van der Waals surface area contributed by atoms with Crippen LogP contribution in [0.3, 0.4) is 0 Å². The fourth-order valence-electron chi connectivity index (χ4n) is 0.492. The summed E-state index contributed by atoms with van der Waals surface area (Å²) < 4.78 is 0. The number of hydrogen-bond acceptors (Lipinski definition) is 3. The molecule has 0 aliphatic carbocycles. The number of guanidine groups is 1. The van der Waals surface area contributed by atoms with Gasteiger partial charge in [-0.3, -0.25) is 0 Å². The van der Waals surface area contributed by atoms with Crippen LogP contribution in [0.5, 0.6) is 0 Å². The lowest BCUT2D eigenvalue weighted by Crippen LogP contribution is -2.39. The fourth-order valence-corrected chi connectivity index (χ4v) is 0.492. The highest BCUT2D eigenvalue weighted by Crippen LogP contribution is 2.10. The topological polar surface area (TPSA) is 122 Å². The van der Waals surface area contributed by atoms with Crippen LogP contribution in [0.4, 0.5) is 0 Å². The normalized spacial score (nSPS) is 15.1. The Balaban J connectivity index is 4.62. The predicted octanol–water partition coefficient (Wildman–Crippen LogP) is -1.56. The van der Waals surface area contributed by atoms with Crippen molar-refractivity contribution in [3.05, 3.63) is 0 Å². The molecule has 0 aliphatic rings. The van der Waals surface area contributed by atoms with Gasteiger partial charge in [0.1, 0.15) is 0 Å².